The maximum Gasteiger partial charge on any atom is 0.139 e. The minimum absolute atomic E-state index is 0.793. The Morgan fingerprint density at radius 1 is 0.955 bits per heavy atom. The normalized spacial score (nSPS) is 9.45. The van der Waals surface area contributed by atoms with Crippen LogP contribution in [0.5, 0.6) is 0 Å². The van der Waals surface area contributed by atoms with Crippen molar-refractivity contribution in [1.29, 1.82) is 0 Å². The number of rotatable bonds is 3. The minimum Gasteiger partial charge on any atom is -0.370 e. The molecule has 2 aromatic heterocycles. The predicted molar refractivity (Wildman–Crippen MR) is 97.7 cm³/mol. The lowest BCUT2D eigenvalue weighted by atomic mass is 10.1. The van der Waals surface area contributed by atoms with E-state index in [1.807, 2.05) is 33.8 Å². The van der Waals surface area contributed by atoms with Gasteiger partial charge in [-0.05, 0) is 33.3 Å². The molecule has 4 heteroatoms. The molecule has 22 heavy (non-hydrogen) atoms. The fourth-order valence-corrected chi connectivity index (χ4v) is 2.03. The van der Waals surface area contributed by atoms with Gasteiger partial charge in [0.1, 0.15) is 11.6 Å². The summed E-state index contributed by atoms with van der Waals surface area (Å²) < 4.78 is 0. The number of nitrogens with zero attached hydrogens (tertiary/aromatic N) is 3. The van der Waals surface area contributed by atoms with Gasteiger partial charge in [-0.15, -0.1) is 0 Å². The molecule has 0 fully saturated rings. The highest BCUT2D eigenvalue weighted by Gasteiger charge is 2.11. The SMILES string of the molecule is CC.CCC.CCNc1nc(C)nc2cc(C)nc(CC)c12. The third-order valence-corrected chi connectivity index (χ3v) is 2.67. The number of hydrogen-bond donors (Lipinski definition) is 1. The van der Waals surface area contributed by atoms with Crippen LogP contribution in [-0.2, 0) is 6.42 Å². The van der Waals surface area contributed by atoms with Gasteiger partial charge in [0.25, 0.3) is 0 Å². The van der Waals surface area contributed by atoms with Crippen LogP contribution in [0.1, 0.15) is 65.2 Å². The second-order valence-corrected chi connectivity index (χ2v) is 4.81. The predicted octanol–water partition coefficient (Wildman–Crippen LogP) is 5.08. The fourth-order valence-electron chi connectivity index (χ4n) is 2.03. The second kappa shape index (κ2) is 10.9. The van der Waals surface area contributed by atoms with Gasteiger partial charge in [-0.1, -0.05) is 41.0 Å². The molecular formula is C18H32N4. The van der Waals surface area contributed by atoms with Crippen molar-refractivity contribution < 1.29 is 0 Å². The molecule has 0 aliphatic rings. The molecule has 0 aromatic carbocycles. The maximum atomic E-state index is 4.57. The van der Waals surface area contributed by atoms with Gasteiger partial charge in [0, 0.05) is 12.2 Å². The third-order valence-electron chi connectivity index (χ3n) is 2.67. The molecule has 0 amide bonds. The van der Waals surface area contributed by atoms with Gasteiger partial charge >= 0.3 is 0 Å². The highest BCUT2D eigenvalue weighted by Crippen LogP contribution is 2.24. The van der Waals surface area contributed by atoms with E-state index < -0.39 is 0 Å². The van der Waals surface area contributed by atoms with Crippen molar-refractivity contribution in [2.75, 3.05) is 11.9 Å². The van der Waals surface area contributed by atoms with Crippen LogP contribution in [0, 0.1) is 13.8 Å². The molecule has 2 aromatic rings. The van der Waals surface area contributed by atoms with Crippen molar-refractivity contribution in [3.63, 3.8) is 0 Å². The first-order chi connectivity index (χ1) is 10.6. The molecule has 124 valence electrons. The summed E-state index contributed by atoms with van der Waals surface area (Å²) in [6.45, 7) is 17.2. The van der Waals surface area contributed by atoms with Crippen LogP contribution in [0.15, 0.2) is 6.07 Å². The molecular weight excluding hydrogens is 272 g/mol. The van der Waals surface area contributed by atoms with E-state index >= 15 is 0 Å². The molecule has 0 aliphatic heterocycles. The van der Waals surface area contributed by atoms with Crippen molar-refractivity contribution in [2.24, 2.45) is 0 Å². The summed E-state index contributed by atoms with van der Waals surface area (Å²) in [5.74, 6) is 1.69. The lowest BCUT2D eigenvalue weighted by Crippen LogP contribution is -2.06. The highest BCUT2D eigenvalue weighted by molar-refractivity contribution is 5.91. The summed E-state index contributed by atoms with van der Waals surface area (Å²) in [4.78, 5) is 13.5. The summed E-state index contributed by atoms with van der Waals surface area (Å²) in [6.07, 6.45) is 2.14. The van der Waals surface area contributed by atoms with Crippen LogP contribution >= 0.6 is 0 Å². The number of aryl methyl sites for hydroxylation is 3. The van der Waals surface area contributed by atoms with Crippen molar-refractivity contribution in [3.05, 3.63) is 23.3 Å². The number of hydrogen-bond acceptors (Lipinski definition) is 4. The summed E-state index contributed by atoms with van der Waals surface area (Å²) in [7, 11) is 0. The molecule has 0 radical (unpaired) electrons. The molecule has 1 N–H and O–H groups in total. The van der Waals surface area contributed by atoms with Gasteiger partial charge < -0.3 is 5.32 Å². The van der Waals surface area contributed by atoms with Crippen molar-refractivity contribution >= 4 is 16.7 Å². The second-order valence-electron chi connectivity index (χ2n) is 4.81. The van der Waals surface area contributed by atoms with Crippen LogP contribution in [0.25, 0.3) is 10.9 Å². The molecule has 2 heterocycles. The van der Waals surface area contributed by atoms with Crippen LogP contribution in [0.4, 0.5) is 5.82 Å². The number of fused-ring (bicyclic) bond motifs is 1. The van der Waals surface area contributed by atoms with Crippen molar-refractivity contribution in [3.8, 4) is 0 Å². The summed E-state index contributed by atoms with van der Waals surface area (Å²) >= 11 is 0. The van der Waals surface area contributed by atoms with E-state index in [4.69, 9.17) is 0 Å². The molecule has 0 saturated carbocycles. The van der Waals surface area contributed by atoms with E-state index in [1.165, 1.54) is 6.42 Å². The van der Waals surface area contributed by atoms with E-state index in [0.29, 0.717) is 0 Å². The third kappa shape index (κ3) is 5.58. The van der Waals surface area contributed by atoms with Crippen LogP contribution < -0.4 is 5.32 Å². The Labute approximate surface area is 135 Å². The lowest BCUT2D eigenvalue weighted by Gasteiger charge is -2.11. The van der Waals surface area contributed by atoms with E-state index in [9.17, 15) is 0 Å². The van der Waals surface area contributed by atoms with Crippen molar-refractivity contribution in [2.45, 2.75) is 68.2 Å². The topological polar surface area (TPSA) is 50.7 Å². The van der Waals surface area contributed by atoms with Crippen LogP contribution in [0.3, 0.4) is 0 Å². The molecule has 0 saturated heterocycles. The summed E-state index contributed by atoms with van der Waals surface area (Å²) in [6, 6.07) is 2.02. The van der Waals surface area contributed by atoms with Gasteiger partial charge in [-0.25, -0.2) is 9.97 Å². The first-order valence-corrected chi connectivity index (χ1v) is 8.45. The van der Waals surface area contributed by atoms with Gasteiger partial charge in [0.05, 0.1) is 16.6 Å². The van der Waals surface area contributed by atoms with E-state index in [-0.39, 0.29) is 0 Å². The summed E-state index contributed by atoms with van der Waals surface area (Å²) in [5, 5.41) is 4.36. The Morgan fingerprint density at radius 2 is 1.55 bits per heavy atom. The Morgan fingerprint density at radius 3 is 2.05 bits per heavy atom. The zero-order valence-electron chi connectivity index (χ0n) is 15.5. The number of nitrogens with one attached hydrogen (secondary N) is 1. The average molecular weight is 304 g/mol. The monoisotopic (exact) mass is 304 g/mol. The average Bonchev–Trinajstić information content (AvgIpc) is 2.48. The molecule has 0 spiro atoms. The van der Waals surface area contributed by atoms with Gasteiger partial charge in [0.2, 0.25) is 0 Å². The Balaban J connectivity index is 0.000000789. The smallest absolute Gasteiger partial charge is 0.139 e. The fraction of sp³-hybridized carbons (Fsp3) is 0.611. The van der Waals surface area contributed by atoms with Crippen molar-refractivity contribution in [1.82, 2.24) is 15.0 Å². The summed E-state index contributed by atoms with van der Waals surface area (Å²) in [5.41, 5.74) is 3.06. The first-order valence-electron chi connectivity index (χ1n) is 8.45. The Kier molecular flexibility index (Phi) is 10.1. The van der Waals surface area contributed by atoms with E-state index in [2.05, 4.69) is 48.0 Å². The van der Waals surface area contributed by atoms with Crippen LogP contribution in [0.2, 0.25) is 0 Å². The zero-order valence-corrected chi connectivity index (χ0v) is 15.5. The molecule has 2 rings (SSSR count). The molecule has 0 aliphatic carbocycles. The lowest BCUT2D eigenvalue weighted by molar-refractivity contribution is 1.00. The van der Waals surface area contributed by atoms with Crippen LogP contribution in [-0.4, -0.2) is 21.5 Å². The first kappa shape index (κ1) is 20.3. The molecule has 0 bridgehead atoms. The Bertz CT molecular complexity index is 559. The maximum absolute atomic E-state index is 4.57. The molecule has 0 atom stereocenters. The van der Waals surface area contributed by atoms with E-state index in [0.717, 1.165) is 46.9 Å². The van der Waals surface area contributed by atoms with Gasteiger partial charge in [0.15, 0.2) is 0 Å². The molecule has 0 unspecified atom stereocenters. The van der Waals surface area contributed by atoms with E-state index in [1.54, 1.807) is 0 Å². The zero-order chi connectivity index (χ0) is 17.1. The number of aromatic nitrogens is 3. The Hall–Kier alpha value is -1.71. The number of pyridine rings is 1. The standard InChI is InChI=1S/C13H18N4.C3H8.C2H6/c1-5-10-12-11(7-8(3)15-10)16-9(4)17-13(12)14-6-2;1-3-2;1-2/h7H,5-6H2,1-4H3,(H,14,16,17);3H2,1-2H3;1-2H3. The minimum atomic E-state index is 0.793. The molecule has 4 nitrogen and oxygen atoms in total. The van der Waals surface area contributed by atoms with Gasteiger partial charge in [-0.2, -0.15) is 0 Å². The largest absolute Gasteiger partial charge is 0.370 e. The highest BCUT2D eigenvalue weighted by atomic mass is 15.0. The van der Waals surface area contributed by atoms with Gasteiger partial charge in [-0.3, -0.25) is 4.98 Å². The number of anilines is 1. The quantitative estimate of drug-likeness (QED) is 0.859.